The zero-order valence-electron chi connectivity index (χ0n) is 13.3. The third-order valence-electron chi connectivity index (χ3n) is 3.97. The summed E-state index contributed by atoms with van der Waals surface area (Å²) in [4.78, 5) is 34.6. The maximum absolute atomic E-state index is 11.6. The first-order valence-electron chi connectivity index (χ1n) is 7.69. The third-order valence-corrected chi connectivity index (χ3v) is 4.78. The molecular formula is C19H12N2O4S. The van der Waals surface area contributed by atoms with Crippen LogP contribution in [0.3, 0.4) is 0 Å². The minimum atomic E-state index is -0.475. The summed E-state index contributed by atoms with van der Waals surface area (Å²) in [7, 11) is 0. The highest BCUT2D eigenvalue weighted by atomic mass is 32.2. The number of thioether (sulfide) groups is 1. The second kappa shape index (κ2) is 6.20. The Balaban J connectivity index is 1.70. The predicted octanol–water partition coefficient (Wildman–Crippen LogP) is 3.52. The number of hydrogen-bond donors (Lipinski definition) is 2. The number of hydrogen-bond acceptors (Lipinski definition) is 5. The highest BCUT2D eigenvalue weighted by molar-refractivity contribution is 8.18. The van der Waals surface area contributed by atoms with E-state index in [2.05, 4.69) is 5.32 Å². The largest absolute Gasteiger partial charge is 0.457 e. The molecule has 1 aromatic heterocycles. The van der Waals surface area contributed by atoms with Gasteiger partial charge in [0.1, 0.15) is 11.5 Å². The van der Waals surface area contributed by atoms with E-state index in [4.69, 9.17) is 10.2 Å². The van der Waals surface area contributed by atoms with E-state index in [1.165, 1.54) is 6.08 Å². The summed E-state index contributed by atoms with van der Waals surface area (Å²) < 4.78 is 5.77. The number of imide groups is 1. The van der Waals surface area contributed by atoms with Crippen molar-refractivity contribution in [3.8, 4) is 11.3 Å². The molecule has 3 N–H and O–H groups in total. The van der Waals surface area contributed by atoms with Gasteiger partial charge in [-0.1, -0.05) is 24.3 Å². The molecule has 0 atom stereocenters. The Morgan fingerprint density at radius 2 is 1.96 bits per heavy atom. The fraction of sp³-hybridized carbons (Fsp3) is 0. The Bertz CT molecular complexity index is 1110. The van der Waals surface area contributed by atoms with Crippen LogP contribution in [0.15, 0.2) is 57.9 Å². The number of furan rings is 1. The molecule has 3 amide bonds. The lowest BCUT2D eigenvalue weighted by molar-refractivity contribution is -0.115. The monoisotopic (exact) mass is 364 g/mol. The number of amides is 3. The first-order valence-corrected chi connectivity index (χ1v) is 8.50. The van der Waals surface area contributed by atoms with Gasteiger partial charge in [0.15, 0.2) is 0 Å². The van der Waals surface area contributed by atoms with Gasteiger partial charge in [-0.2, -0.15) is 0 Å². The standard InChI is InChI=1S/C19H12N2O4S/c20-17(22)14-3-1-2-10-8-11(4-6-13(10)14)15-7-5-12(25-15)9-16-18(23)21-19(24)26-16/h1-9H,(H2,20,22)(H,21,23,24)/b16-9-. The molecule has 0 saturated carbocycles. The van der Waals surface area contributed by atoms with Crippen molar-refractivity contribution < 1.29 is 18.8 Å². The lowest BCUT2D eigenvalue weighted by Gasteiger charge is -2.05. The van der Waals surface area contributed by atoms with Crippen LogP contribution in [-0.2, 0) is 4.79 Å². The van der Waals surface area contributed by atoms with Crippen molar-refractivity contribution in [3.05, 3.63) is 64.8 Å². The number of carbonyl (C=O) groups is 3. The maximum Gasteiger partial charge on any atom is 0.290 e. The number of rotatable bonds is 3. The molecule has 26 heavy (non-hydrogen) atoms. The first kappa shape index (κ1) is 16.2. The fourth-order valence-electron chi connectivity index (χ4n) is 2.79. The van der Waals surface area contributed by atoms with Gasteiger partial charge in [-0.15, -0.1) is 0 Å². The zero-order valence-corrected chi connectivity index (χ0v) is 14.1. The molecule has 6 nitrogen and oxygen atoms in total. The SMILES string of the molecule is NC(=O)c1cccc2cc(-c3ccc(/C=C4\SC(=O)NC4=O)o3)ccc12. The molecule has 0 unspecified atom stereocenters. The Kier molecular flexibility index (Phi) is 3.85. The molecule has 1 fully saturated rings. The van der Waals surface area contributed by atoms with Gasteiger partial charge in [-0.05, 0) is 46.8 Å². The quantitative estimate of drug-likeness (QED) is 0.692. The molecule has 0 aliphatic carbocycles. The van der Waals surface area contributed by atoms with Crippen LogP contribution >= 0.6 is 11.8 Å². The van der Waals surface area contributed by atoms with Crippen LogP contribution in [0.1, 0.15) is 16.1 Å². The van der Waals surface area contributed by atoms with E-state index in [9.17, 15) is 14.4 Å². The Morgan fingerprint density at radius 3 is 2.69 bits per heavy atom. The number of carbonyl (C=O) groups excluding carboxylic acids is 3. The second-order valence-corrected chi connectivity index (χ2v) is 6.67. The summed E-state index contributed by atoms with van der Waals surface area (Å²) in [5.41, 5.74) is 6.70. The predicted molar refractivity (Wildman–Crippen MR) is 99.3 cm³/mol. The molecule has 0 bridgehead atoms. The van der Waals surface area contributed by atoms with E-state index < -0.39 is 17.1 Å². The van der Waals surface area contributed by atoms with Gasteiger partial charge < -0.3 is 10.2 Å². The van der Waals surface area contributed by atoms with Crippen LogP contribution in [0.5, 0.6) is 0 Å². The average molecular weight is 364 g/mol. The van der Waals surface area contributed by atoms with Gasteiger partial charge in [0.2, 0.25) is 5.91 Å². The molecule has 1 saturated heterocycles. The molecule has 1 aliphatic rings. The number of nitrogens with one attached hydrogen (secondary N) is 1. The van der Waals surface area contributed by atoms with E-state index in [1.807, 2.05) is 24.3 Å². The van der Waals surface area contributed by atoms with E-state index in [1.54, 1.807) is 24.3 Å². The molecule has 2 aromatic carbocycles. The Labute approximate surface area is 152 Å². The van der Waals surface area contributed by atoms with Crippen LogP contribution in [0.2, 0.25) is 0 Å². The number of primary amides is 1. The van der Waals surface area contributed by atoms with Gasteiger partial charge in [0, 0.05) is 17.2 Å². The van der Waals surface area contributed by atoms with Crippen molar-refractivity contribution in [2.24, 2.45) is 5.73 Å². The van der Waals surface area contributed by atoms with Gasteiger partial charge in [-0.3, -0.25) is 19.7 Å². The zero-order chi connectivity index (χ0) is 18.3. The smallest absolute Gasteiger partial charge is 0.290 e. The summed E-state index contributed by atoms with van der Waals surface area (Å²) >= 11 is 0.837. The van der Waals surface area contributed by atoms with Gasteiger partial charge >= 0.3 is 0 Å². The minimum absolute atomic E-state index is 0.292. The van der Waals surface area contributed by atoms with Crippen LogP contribution in [0, 0.1) is 0 Å². The molecular weight excluding hydrogens is 352 g/mol. The highest BCUT2D eigenvalue weighted by Gasteiger charge is 2.25. The van der Waals surface area contributed by atoms with E-state index in [0.29, 0.717) is 22.0 Å². The fourth-order valence-corrected chi connectivity index (χ4v) is 3.45. The molecule has 1 aliphatic heterocycles. The molecule has 3 aromatic rings. The maximum atomic E-state index is 11.6. The van der Waals surface area contributed by atoms with Crippen LogP contribution in [-0.4, -0.2) is 17.1 Å². The second-order valence-electron chi connectivity index (χ2n) is 5.66. The average Bonchev–Trinajstić information content (AvgIpc) is 3.20. The minimum Gasteiger partial charge on any atom is -0.457 e. The van der Waals surface area contributed by atoms with E-state index in [-0.39, 0.29) is 0 Å². The highest BCUT2D eigenvalue weighted by Crippen LogP contribution is 2.30. The Morgan fingerprint density at radius 1 is 1.12 bits per heavy atom. The van der Waals surface area contributed by atoms with E-state index >= 15 is 0 Å². The summed E-state index contributed by atoms with van der Waals surface area (Å²) in [6, 6.07) is 14.4. The molecule has 0 spiro atoms. The van der Waals surface area contributed by atoms with Crippen molar-refractivity contribution in [2.45, 2.75) is 0 Å². The van der Waals surface area contributed by atoms with Gasteiger partial charge in [0.25, 0.3) is 11.1 Å². The van der Waals surface area contributed by atoms with Crippen molar-refractivity contribution in [1.82, 2.24) is 5.32 Å². The Hall–Kier alpha value is -3.32. The third kappa shape index (κ3) is 2.89. The number of fused-ring (bicyclic) bond motifs is 1. The molecule has 4 rings (SSSR count). The lowest BCUT2D eigenvalue weighted by Crippen LogP contribution is -2.17. The van der Waals surface area contributed by atoms with Crippen LogP contribution < -0.4 is 11.1 Å². The lowest BCUT2D eigenvalue weighted by atomic mass is 10.0. The van der Waals surface area contributed by atoms with Gasteiger partial charge in [-0.25, -0.2) is 0 Å². The molecule has 7 heteroatoms. The summed E-state index contributed by atoms with van der Waals surface area (Å²) in [5.74, 6) is 0.177. The summed E-state index contributed by atoms with van der Waals surface area (Å²) in [6.07, 6.45) is 1.53. The molecule has 128 valence electrons. The number of nitrogens with two attached hydrogens (primary N) is 1. The normalized spacial score (nSPS) is 15.6. The van der Waals surface area contributed by atoms with Crippen molar-refractivity contribution in [1.29, 1.82) is 0 Å². The van der Waals surface area contributed by atoms with Crippen molar-refractivity contribution in [2.75, 3.05) is 0 Å². The van der Waals surface area contributed by atoms with E-state index in [0.717, 1.165) is 28.1 Å². The van der Waals surface area contributed by atoms with Crippen LogP contribution in [0.25, 0.3) is 28.2 Å². The van der Waals surface area contributed by atoms with Gasteiger partial charge in [0.05, 0.1) is 4.91 Å². The van der Waals surface area contributed by atoms with Crippen LogP contribution in [0.4, 0.5) is 4.79 Å². The molecule has 2 heterocycles. The number of benzene rings is 2. The first-order chi connectivity index (χ1) is 12.5. The summed E-state index contributed by atoms with van der Waals surface area (Å²) in [6.45, 7) is 0. The topological polar surface area (TPSA) is 102 Å². The molecule has 0 radical (unpaired) electrons. The summed E-state index contributed by atoms with van der Waals surface area (Å²) in [5, 5.41) is 3.44. The van der Waals surface area contributed by atoms with Crippen molar-refractivity contribution >= 4 is 45.7 Å². The van der Waals surface area contributed by atoms with Crippen molar-refractivity contribution in [3.63, 3.8) is 0 Å².